The third kappa shape index (κ3) is 2.33. The van der Waals surface area contributed by atoms with Crippen LogP contribution in [0.4, 0.5) is 0 Å². The summed E-state index contributed by atoms with van der Waals surface area (Å²) in [6.45, 7) is 1.16. The van der Waals surface area contributed by atoms with Crippen LogP contribution in [0.1, 0.15) is 11.5 Å². The maximum Gasteiger partial charge on any atom is 0.213 e. The van der Waals surface area contributed by atoms with Crippen molar-refractivity contribution >= 4 is 11.0 Å². The highest BCUT2D eigenvalue weighted by molar-refractivity contribution is 5.73. The molecule has 18 heavy (non-hydrogen) atoms. The number of aromatic nitrogens is 4. The fourth-order valence-corrected chi connectivity index (χ4v) is 1.65. The van der Waals surface area contributed by atoms with Crippen molar-refractivity contribution in [1.82, 2.24) is 25.4 Å². The van der Waals surface area contributed by atoms with E-state index in [0.717, 1.165) is 16.7 Å². The Kier molecular flexibility index (Phi) is 2.93. The highest BCUT2D eigenvalue weighted by Gasteiger charge is 2.01. The number of hydrogen-bond acceptors (Lipinski definition) is 6. The first-order chi connectivity index (χ1) is 8.92. The van der Waals surface area contributed by atoms with Crippen LogP contribution < -0.4 is 5.32 Å². The molecule has 1 N–H and O–H groups in total. The van der Waals surface area contributed by atoms with Crippen LogP contribution in [0, 0.1) is 0 Å². The second-order valence-corrected chi connectivity index (χ2v) is 3.80. The Balaban J connectivity index is 1.67. The SMILES string of the molecule is c1ccc2nc(CNCc3ncon3)cnc2c1. The molecular weight excluding hydrogens is 230 g/mol. The Labute approximate surface area is 103 Å². The summed E-state index contributed by atoms with van der Waals surface area (Å²) in [5, 5.41) is 6.89. The summed E-state index contributed by atoms with van der Waals surface area (Å²) < 4.78 is 4.65. The van der Waals surface area contributed by atoms with Crippen LogP contribution in [-0.2, 0) is 13.1 Å². The number of nitrogens with one attached hydrogen (secondary N) is 1. The van der Waals surface area contributed by atoms with E-state index in [1.807, 2.05) is 24.3 Å². The molecule has 6 heteroatoms. The first kappa shape index (κ1) is 10.8. The molecule has 0 fully saturated rings. The van der Waals surface area contributed by atoms with Crippen LogP contribution in [0.3, 0.4) is 0 Å². The average molecular weight is 241 g/mol. The van der Waals surface area contributed by atoms with E-state index in [-0.39, 0.29) is 0 Å². The van der Waals surface area contributed by atoms with Crippen LogP contribution in [0.5, 0.6) is 0 Å². The lowest BCUT2D eigenvalue weighted by atomic mass is 10.3. The number of para-hydroxylation sites is 2. The summed E-state index contributed by atoms with van der Waals surface area (Å²) in [6, 6.07) is 7.79. The van der Waals surface area contributed by atoms with Gasteiger partial charge in [0.05, 0.1) is 29.5 Å². The second-order valence-electron chi connectivity index (χ2n) is 3.80. The molecule has 0 bridgehead atoms. The topological polar surface area (TPSA) is 76.7 Å². The van der Waals surface area contributed by atoms with E-state index >= 15 is 0 Å². The third-order valence-electron chi connectivity index (χ3n) is 2.49. The molecule has 1 aromatic carbocycles. The van der Waals surface area contributed by atoms with Gasteiger partial charge >= 0.3 is 0 Å². The maximum absolute atomic E-state index is 4.65. The normalized spacial score (nSPS) is 10.9. The largest absolute Gasteiger partial charge is 0.343 e. The highest BCUT2D eigenvalue weighted by Crippen LogP contribution is 2.08. The van der Waals surface area contributed by atoms with Crippen molar-refractivity contribution in [3.05, 3.63) is 48.4 Å². The van der Waals surface area contributed by atoms with Crippen molar-refractivity contribution in [1.29, 1.82) is 0 Å². The Bertz CT molecular complexity index is 638. The molecule has 3 aromatic rings. The fourth-order valence-electron chi connectivity index (χ4n) is 1.65. The predicted molar refractivity (Wildman–Crippen MR) is 64.4 cm³/mol. The van der Waals surface area contributed by atoms with Gasteiger partial charge in [0, 0.05) is 6.54 Å². The van der Waals surface area contributed by atoms with E-state index in [4.69, 9.17) is 0 Å². The number of rotatable bonds is 4. The zero-order valence-electron chi connectivity index (χ0n) is 9.58. The molecular formula is C12H11N5O. The maximum atomic E-state index is 4.65. The summed E-state index contributed by atoms with van der Waals surface area (Å²) in [6.07, 6.45) is 3.08. The number of nitrogens with zero attached hydrogens (tertiary/aromatic N) is 4. The zero-order chi connectivity index (χ0) is 12.2. The lowest BCUT2D eigenvalue weighted by Crippen LogP contribution is -2.14. The van der Waals surface area contributed by atoms with Crippen molar-refractivity contribution in [2.45, 2.75) is 13.1 Å². The highest BCUT2D eigenvalue weighted by atomic mass is 16.5. The fraction of sp³-hybridized carbons (Fsp3) is 0.167. The number of benzene rings is 1. The Morgan fingerprint density at radius 3 is 2.78 bits per heavy atom. The molecule has 0 aliphatic carbocycles. The molecule has 90 valence electrons. The molecule has 0 atom stereocenters. The van der Waals surface area contributed by atoms with Gasteiger partial charge in [-0.1, -0.05) is 17.3 Å². The first-order valence-corrected chi connectivity index (χ1v) is 5.58. The minimum atomic E-state index is 0.547. The quantitative estimate of drug-likeness (QED) is 0.742. The smallest absolute Gasteiger partial charge is 0.213 e. The number of hydrogen-bond donors (Lipinski definition) is 1. The van der Waals surface area contributed by atoms with Gasteiger partial charge < -0.3 is 9.84 Å². The molecule has 2 aromatic heterocycles. The van der Waals surface area contributed by atoms with E-state index in [0.29, 0.717) is 18.9 Å². The summed E-state index contributed by atoms with van der Waals surface area (Å²) in [7, 11) is 0. The Morgan fingerprint density at radius 1 is 1.06 bits per heavy atom. The van der Waals surface area contributed by atoms with Crippen LogP contribution in [0.25, 0.3) is 11.0 Å². The molecule has 0 unspecified atom stereocenters. The first-order valence-electron chi connectivity index (χ1n) is 5.58. The van der Waals surface area contributed by atoms with E-state index in [2.05, 4.69) is 29.9 Å². The lowest BCUT2D eigenvalue weighted by molar-refractivity contribution is 0.407. The summed E-state index contributed by atoms with van der Waals surface area (Å²) in [4.78, 5) is 12.8. The Hall–Kier alpha value is -2.34. The minimum Gasteiger partial charge on any atom is -0.343 e. The van der Waals surface area contributed by atoms with Crippen LogP contribution in [-0.4, -0.2) is 20.1 Å². The van der Waals surface area contributed by atoms with Crippen molar-refractivity contribution in [2.75, 3.05) is 0 Å². The molecule has 0 aliphatic rings. The molecule has 0 spiro atoms. The van der Waals surface area contributed by atoms with Crippen LogP contribution in [0.2, 0.25) is 0 Å². The van der Waals surface area contributed by atoms with Crippen molar-refractivity contribution in [3.63, 3.8) is 0 Å². The van der Waals surface area contributed by atoms with Crippen molar-refractivity contribution in [2.24, 2.45) is 0 Å². The van der Waals surface area contributed by atoms with Gasteiger partial charge in [0.2, 0.25) is 6.39 Å². The lowest BCUT2D eigenvalue weighted by Gasteiger charge is -2.02. The van der Waals surface area contributed by atoms with Gasteiger partial charge in [-0.3, -0.25) is 4.98 Å². The van der Waals surface area contributed by atoms with Crippen molar-refractivity contribution in [3.8, 4) is 0 Å². The second kappa shape index (κ2) is 4.89. The van der Waals surface area contributed by atoms with Gasteiger partial charge in [0.1, 0.15) is 0 Å². The molecule has 6 nitrogen and oxygen atoms in total. The molecule has 0 aliphatic heterocycles. The van der Waals surface area contributed by atoms with Gasteiger partial charge in [-0.25, -0.2) is 4.98 Å². The molecule has 2 heterocycles. The van der Waals surface area contributed by atoms with Gasteiger partial charge in [0.25, 0.3) is 0 Å². The van der Waals surface area contributed by atoms with Crippen molar-refractivity contribution < 1.29 is 4.52 Å². The summed E-state index contributed by atoms with van der Waals surface area (Å²) >= 11 is 0. The number of fused-ring (bicyclic) bond motifs is 1. The van der Waals surface area contributed by atoms with Gasteiger partial charge in [0.15, 0.2) is 5.82 Å². The Morgan fingerprint density at radius 2 is 1.94 bits per heavy atom. The van der Waals surface area contributed by atoms with E-state index in [9.17, 15) is 0 Å². The van der Waals surface area contributed by atoms with Gasteiger partial charge in [-0.15, -0.1) is 0 Å². The van der Waals surface area contributed by atoms with Crippen LogP contribution >= 0.6 is 0 Å². The van der Waals surface area contributed by atoms with Gasteiger partial charge in [-0.2, -0.15) is 4.98 Å². The van der Waals surface area contributed by atoms with E-state index < -0.39 is 0 Å². The minimum absolute atomic E-state index is 0.547. The molecule has 3 rings (SSSR count). The molecule has 0 saturated heterocycles. The van der Waals surface area contributed by atoms with E-state index in [1.54, 1.807) is 6.20 Å². The summed E-state index contributed by atoms with van der Waals surface area (Å²) in [5.41, 5.74) is 2.69. The zero-order valence-corrected chi connectivity index (χ0v) is 9.58. The van der Waals surface area contributed by atoms with Crippen LogP contribution in [0.15, 0.2) is 41.4 Å². The third-order valence-corrected chi connectivity index (χ3v) is 2.49. The molecule has 0 saturated carbocycles. The summed E-state index contributed by atoms with van der Waals surface area (Å²) in [5.74, 6) is 0.628. The van der Waals surface area contributed by atoms with E-state index in [1.165, 1.54) is 6.39 Å². The standard InChI is InChI=1S/C12H11N5O/c1-2-4-11-10(3-1)14-6-9(16-11)5-13-7-12-15-8-18-17-12/h1-4,6,8,13H,5,7H2. The molecule has 0 radical (unpaired) electrons. The monoisotopic (exact) mass is 241 g/mol. The predicted octanol–water partition coefficient (Wildman–Crippen LogP) is 1.30. The average Bonchev–Trinajstić information content (AvgIpc) is 2.92. The van der Waals surface area contributed by atoms with Gasteiger partial charge in [-0.05, 0) is 12.1 Å². The molecule has 0 amide bonds.